The van der Waals surface area contributed by atoms with Gasteiger partial charge in [0.25, 0.3) is 0 Å². The van der Waals surface area contributed by atoms with Gasteiger partial charge in [-0.05, 0) is 13.3 Å². The highest BCUT2D eigenvalue weighted by Crippen LogP contribution is 2.34. The third-order valence-electron chi connectivity index (χ3n) is 3.10. The van der Waals surface area contributed by atoms with Gasteiger partial charge in [-0.1, -0.05) is 0 Å². The monoisotopic (exact) mass is 327 g/mol. The molecule has 0 radical (unpaired) electrons. The molecule has 0 aromatic carbocycles. The van der Waals surface area contributed by atoms with Crippen LogP contribution >= 0.6 is 0 Å². The fraction of sp³-hybridized carbons (Fsp3) is 0.727. The summed E-state index contributed by atoms with van der Waals surface area (Å²) >= 11 is 0. The van der Waals surface area contributed by atoms with Gasteiger partial charge < -0.3 is 4.74 Å². The minimum atomic E-state index is -4.82. The molecule has 1 saturated heterocycles. The Bertz CT molecular complexity index is 612. The van der Waals surface area contributed by atoms with Crippen molar-refractivity contribution in [1.82, 2.24) is 14.1 Å². The molecule has 0 aliphatic carbocycles. The number of nitrogens with zero attached hydrogens (tertiary/aromatic N) is 3. The zero-order valence-electron chi connectivity index (χ0n) is 11.6. The number of alkyl halides is 3. The van der Waals surface area contributed by atoms with E-state index in [-0.39, 0.29) is 19.2 Å². The van der Waals surface area contributed by atoms with Gasteiger partial charge in [0, 0.05) is 32.9 Å². The van der Waals surface area contributed by atoms with Gasteiger partial charge in [0.15, 0.2) is 5.69 Å². The van der Waals surface area contributed by atoms with Crippen LogP contribution in [0, 0.1) is 0 Å². The molecule has 10 heteroatoms. The Hall–Kier alpha value is -1.13. The van der Waals surface area contributed by atoms with Gasteiger partial charge in [-0.3, -0.25) is 4.68 Å². The highest BCUT2D eigenvalue weighted by molar-refractivity contribution is 7.89. The fourth-order valence-electron chi connectivity index (χ4n) is 2.17. The zero-order valence-corrected chi connectivity index (χ0v) is 12.4. The van der Waals surface area contributed by atoms with E-state index < -0.39 is 26.8 Å². The Morgan fingerprint density at radius 2 is 2.10 bits per heavy atom. The van der Waals surface area contributed by atoms with Crippen molar-refractivity contribution < 1.29 is 26.3 Å². The molecule has 2 rings (SSSR count). The predicted octanol–water partition coefficient (Wildman–Crippen LogP) is 1.24. The van der Waals surface area contributed by atoms with Crippen LogP contribution in [-0.2, 0) is 28.0 Å². The van der Waals surface area contributed by atoms with Crippen molar-refractivity contribution in [1.29, 1.82) is 0 Å². The molecule has 0 N–H and O–H groups in total. The van der Waals surface area contributed by atoms with E-state index in [4.69, 9.17) is 4.74 Å². The quantitative estimate of drug-likeness (QED) is 0.820. The second-order valence-electron chi connectivity index (χ2n) is 4.91. The second-order valence-corrected chi connectivity index (χ2v) is 6.82. The molecule has 1 aliphatic heterocycles. The fourth-order valence-corrected chi connectivity index (χ4v) is 3.91. The second kappa shape index (κ2) is 5.58. The van der Waals surface area contributed by atoms with Crippen LogP contribution in [0.1, 0.15) is 19.0 Å². The van der Waals surface area contributed by atoms with Crippen LogP contribution in [0.5, 0.6) is 0 Å². The summed E-state index contributed by atoms with van der Waals surface area (Å²) in [4.78, 5) is -0.813. The summed E-state index contributed by atoms with van der Waals surface area (Å²) in [6.45, 7) is 2.21. The van der Waals surface area contributed by atoms with E-state index in [2.05, 4.69) is 5.10 Å². The Morgan fingerprint density at radius 3 is 2.71 bits per heavy atom. The zero-order chi connectivity index (χ0) is 15.8. The molecule has 120 valence electrons. The Labute approximate surface area is 120 Å². The molecular formula is C11H16F3N3O3S. The van der Waals surface area contributed by atoms with E-state index in [1.807, 2.05) is 0 Å². The lowest BCUT2D eigenvalue weighted by Gasteiger charge is -2.21. The van der Waals surface area contributed by atoms with E-state index in [1.54, 1.807) is 6.92 Å². The van der Waals surface area contributed by atoms with Crippen molar-refractivity contribution in [2.24, 2.45) is 7.05 Å². The third kappa shape index (κ3) is 3.38. The van der Waals surface area contributed by atoms with Gasteiger partial charge >= 0.3 is 6.18 Å². The first kappa shape index (κ1) is 16.2. The van der Waals surface area contributed by atoms with E-state index in [9.17, 15) is 21.6 Å². The Morgan fingerprint density at radius 1 is 1.43 bits per heavy atom. The van der Waals surface area contributed by atoms with E-state index in [1.165, 1.54) is 7.05 Å². The molecule has 1 aromatic rings. The predicted molar refractivity (Wildman–Crippen MR) is 67.0 cm³/mol. The van der Waals surface area contributed by atoms with Crippen LogP contribution < -0.4 is 0 Å². The molecule has 1 atom stereocenters. The average Bonchev–Trinajstić information content (AvgIpc) is 2.62. The van der Waals surface area contributed by atoms with E-state index >= 15 is 0 Å². The maximum absolute atomic E-state index is 12.9. The SMILES string of the molecule is CC1CN(S(=O)(=O)c2cn(C)nc2C(F)(F)F)CCCO1. The molecule has 21 heavy (non-hydrogen) atoms. The van der Waals surface area contributed by atoms with Crippen molar-refractivity contribution in [2.75, 3.05) is 19.7 Å². The van der Waals surface area contributed by atoms with Gasteiger partial charge in [0.2, 0.25) is 10.0 Å². The van der Waals surface area contributed by atoms with Gasteiger partial charge in [0.05, 0.1) is 6.10 Å². The molecule has 1 fully saturated rings. The van der Waals surface area contributed by atoms with Crippen LogP contribution in [0.15, 0.2) is 11.1 Å². The molecule has 0 spiro atoms. The number of ether oxygens (including phenoxy) is 1. The van der Waals surface area contributed by atoms with E-state index in [0.717, 1.165) is 15.2 Å². The standard InChI is InChI=1S/C11H16F3N3O3S/c1-8-6-17(4-3-5-20-8)21(18,19)9-7-16(2)15-10(9)11(12,13)14/h7-8H,3-6H2,1-2H3. The van der Waals surface area contributed by atoms with Crippen LogP contribution in [0.3, 0.4) is 0 Å². The van der Waals surface area contributed by atoms with Crippen LogP contribution in [-0.4, -0.2) is 48.3 Å². The number of sulfonamides is 1. The molecule has 1 unspecified atom stereocenters. The summed E-state index contributed by atoms with van der Waals surface area (Å²) in [5.41, 5.74) is -1.39. The van der Waals surface area contributed by atoms with Crippen molar-refractivity contribution in [3.05, 3.63) is 11.9 Å². The van der Waals surface area contributed by atoms with Crippen molar-refractivity contribution in [3.8, 4) is 0 Å². The van der Waals surface area contributed by atoms with Gasteiger partial charge in [0.1, 0.15) is 4.90 Å². The lowest BCUT2D eigenvalue weighted by molar-refractivity contribution is -0.143. The van der Waals surface area contributed by atoms with Crippen LogP contribution in [0.2, 0.25) is 0 Å². The van der Waals surface area contributed by atoms with E-state index in [0.29, 0.717) is 13.0 Å². The Kier molecular flexibility index (Phi) is 4.31. The number of hydrogen-bond donors (Lipinski definition) is 0. The molecule has 2 heterocycles. The minimum Gasteiger partial charge on any atom is -0.377 e. The van der Waals surface area contributed by atoms with Gasteiger partial charge in [-0.25, -0.2) is 8.42 Å². The Balaban J connectivity index is 2.44. The lowest BCUT2D eigenvalue weighted by Crippen LogP contribution is -2.36. The maximum atomic E-state index is 12.9. The molecule has 1 aliphatic rings. The first-order chi connectivity index (χ1) is 9.62. The summed E-state index contributed by atoms with van der Waals surface area (Å²) in [5.74, 6) is 0. The summed E-state index contributed by atoms with van der Waals surface area (Å²) in [6, 6.07) is 0. The molecule has 6 nitrogen and oxygen atoms in total. The molecule has 0 bridgehead atoms. The first-order valence-electron chi connectivity index (χ1n) is 6.35. The smallest absolute Gasteiger partial charge is 0.377 e. The maximum Gasteiger partial charge on any atom is 0.436 e. The highest BCUT2D eigenvalue weighted by Gasteiger charge is 2.43. The summed E-state index contributed by atoms with van der Waals surface area (Å²) in [6.07, 6.45) is -3.87. The highest BCUT2D eigenvalue weighted by atomic mass is 32.2. The number of aromatic nitrogens is 2. The minimum absolute atomic E-state index is 0.0223. The molecule has 0 amide bonds. The van der Waals surface area contributed by atoms with Gasteiger partial charge in [-0.2, -0.15) is 22.6 Å². The molecule has 0 saturated carbocycles. The summed E-state index contributed by atoms with van der Waals surface area (Å²) in [5, 5.41) is 3.24. The van der Waals surface area contributed by atoms with Crippen molar-refractivity contribution in [2.45, 2.75) is 30.5 Å². The van der Waals surface area contributed by atoms with Crippen molar-refractivity contribution in [3.63, 3.8) is 0 Å². The molecular weight excluding hydrogens is 311 g/mol. The topological polar surface area (TPSA) is 64.4 Å². The number of hydrogen-bond acceptors (Lipinski definition) is 4. The van der Waals surface area contributed by atoms with Crippen LogP contribution in [0.25, 0.3) is 0 Å². The van der Waals surface area contributed by atoms with Gasteiger partial charge in [-0.15, -0.1) is 0 Å². The largest absolute Gasteiger partial charge is 0.436 e. The summed E-state index contributed by atoms with van der Waals surface area (Å²) in [7, 11) is -3.01. The number of aryl methyl sites for hydroxylation is 1. The average molecular weight is 327 g/mol. The van der Waals surface area contributed by atoms with Crippen molar-refractivity contribution >= 4 is 10.0 Å². The molecule has 1 aromatic heterocycles. The number of rotatable bonds is 2. The normalized spacial score (nSPS) is 22.2. The van der Waals surface area contributed by atoms with Crippen LogP contribution in [0.4, 0.5) is 13.2 Å². The number of halogens is 3. The summed E-state index contributed by atoms with van der Waals surface area (Å²) < 4.78 is 71.0. The lowest BCUT2D eigenvalue weighted by atomic mass is 10.4. The first-order valence-corrected chi connectivity index (χ1v) is 7.79. The third-order valence-corrected chi connectivity index (χ3v) is 4.96.